The number of aromatic nitrogens is 3. The van der Waals surface area contributed by atoms with Crippen LogP contribution < -0.4 is 11.5 Å². The summed E-state index contributed by atoms with van der Waals surface area (Å²) in [5, 5.41) is 1.59. The lowest BCUT2D eigenvalue weighted by Crippen LogP contribution is -2.27. The van der Waals surface area contributed by atoms with E-state index in [0.29, 0.717) is 22.9 Å². The summed E-state index contributed by atoms with van der Waals surface area (Å²) in [6.07, 6.45) is 7.83. The van der Waals surface area contributed by atoms with Crippen LogP contribution >= 0.6 is 11.6 Å². The van der Waals surface area contributed by atoms with Crippen LogP contribution in [0.4, 0.5) is 5.82 Å². The van der Waals surface area contributed by atoms with E-state index in [1.165, 1.54) is 6.33 Å². The molecule has 0 saturated heterocycles. The van der Waals surface area contributed by atoms with E-state index in [0.717, 1.165) is 53.4 Å². The van der Waals surface area contributed by atoms with E-state index >= 15 is 0 Å². The smallest absolute Gasteiger partial charge is 0.146 e. The van der Waals surface area contributed by atoms with Crippen molar-refractivity contribution in [2.24, 2.45) is 5.73 Å². The van der Waals surface area contributed by atoms with Gasteiger partial charge in [0.1, 0.15) is 17.8 Å². The molecule has 0 atom stereocenters. The Kier molecular flexibility index (Phi) is 4.13. The Hall–Kier alpha value is -2.11. The number of aryl methyl sites for hydroxylation is 1. The quantitative estimate of drug-likeness (QED) is 0.725. The molecule has 25 heavy (non-hydrogen) atoms. The second kappa shape index (κ2) is 6.32. The van der Waals surface area contributed by atoms with E-state index in [-0.39, 0.29) is 0 Å². The fraction of sp³-hybridized carbons (Fsp3) is 0.368. The van der Waals surface area contributed by atoms with Crippen LogP contribution in [0.3, 0.4) is 0 Å². The lowest BCUT2D eigenvalue weighted by atomic mass is 9.92. The zero-order chi connectivity index (χ0) is 17.6. The molecule has 1 aromatic carbocycles. The largest absolute Gasteiger partial charge is 0.383 e. The molecule has 3 aromatic rings. The van der Waals surface area contributed by atoms with Crippen molar-refractivity contribution in [3.8, 4) is 11.1 Å². The van der Waals surface area contributed by atoms with Crippen LogP contribution in [-0.4, -0.2) is 20.6 Å². The predicted molar refractivity (Wildman–Crippen MR) is 103 cm³/mol. The molecule has 5 nitrogen and oxygen atoms in total. The highest BCUT2D eigenvalue weighted by atomic mass is 35.5. The second-order valence-corrected chi connectivity index (χ2v) is 7.37. The fourth-order valence-electron chi connectivity index (χ4n) is 3.81. The van der Waals surface area contributed by atoms with Gasteiger partial charge in [-0.05, 0) is 44.2 Å². The Bertz CT molecular complexity index is 925. The van der Waals surface area contributed by atoms with Crippen LogP contribution in [0.25, 0.3) is 22.2 Å². The summed E-state index contributed by atoms with van der Waals surface area (Å²) in [6, 6.07) is 6.77. The van der Waals surface area contributed by atoms with Gasteiger partial charge < -0.3 is 16.0 Å². The fourth-order valence-corrected chi connectivity index (χ4v) is 4.15. The molecule has 1 saturated carbocycles. The van der Waals surface area contributed by atoms with Crippen molar-refractivity contribution in [2.45, 2.75) is 44.7 Å². The minimum absolute atomic E-state index is 0.309. The molecule has 6 heteroatoms. The summed E-state index contributed by atoms with van der Waals surface area (Å²) in [5.41, 5.74) is 16.2. The average Bonchev–Trinajstić information content (AvgIpc) is 2.96. The van der Waals surface area contributed by atoms with Gasteiger partial charge in [0.25, 0.3) is 0 Å². The van der Waals surface area contributed by atoms with Crippen LogP contribution in [-0.2, 0) is 0 Å². The number of halogens is 1. The highest BCUT2D eigenvalue weighted by Crippen LogP contribution is 2.40. The van der Waals surface area contributed by atoms with Crippen molar-refractivity contribution >= 4 is 28.5 Å². The monoisotopic (exact) mass is 355 g/mol. The summed E-state index contributed by atoms with van der Waals surface area (Å²) >= 11 is 6.52. The van der Waals surface area contributed by atoms with Crippen molar-refractivity contribution in [3.63, 3.8) is 0 Å². The van der Waals surface area contributed by atoms with Gasteiger partial charge in [-0.3, -0.25) is 0 Å². The average molecular weight is 356 g/mol. The number of nitrogen functional groups attached to an aromatic ring is 1. The molecule has 4 rings (SSSR count). The maximum absolute atomic E-state index is 6.52. The molecule has 1 fully saturated rings. The number of nitrogens with zero attached hydrogens (tertiary/aromatic N) is 3. The molecule has 1 aliphatic carbocycles. The summed E-state index contributed by atoms with van der Waals surface area (Å²) in [7, 11) is 0. The highest BCUT2D eigenvalue weighted by Gasteiger charge is 2.24. The Labute approximate surface area is 152 Å². The first-order chi connectivity index (χ1) is 12.0. The van der Waals surface area contributed by atoms with Crippen molar-refractivity contribution in [1.82, 2.24) is 14.5 Å². The Balaban J connectivity index is 1.90. The predicted octanol–water partition coefficient (Wildman–Crippen LogP) is 4.08. The zero-order valence-electron chi connectivity index (χ0n) is 14.2. The summed E-state index contributed by atoms with van der Waals surface area (Å²) in [6.45, 7) is 2.03. The minimum Gasteiger partial charge on any atom is -0.383 e. The lowest BCUT2D eigenvalue weighted by molar-refractivity contribution is 0.329. The number of nitrogens with two attached hydrogens (primary N) is 2. The topological polar surface area (TPSA) is 82.8 Å². The van der Waals surface area contributed by atoms with E-state index < -0.39 is 0 Å². The van der Waals surface area contributed by atoms with E-state index in [2.05, 4.69) is 26.8 Å². The van der Waals surface area contributed by atoms with Gasteiger partial charge in [0.2, 0.25) is 0 Å². The number of rotatable bonds is 2. The van der Waals surface area contributed by atoms with Gasteiger partial charge in [0.05, 0.1) is 5.39 Å². The normalized spacial score (nSPS) is 20.9. The van der Waals surface area contributed by atoms with E-state index in [9.17, 15) is 0 Å². The van der Waals surface area contributed by atoms with Crippen LogP contribution in [0.1, 0.15) is 37.3 Å². The van der Waals surface area contributed by atoms with Crippen LogP contribution in [0.5, 0.6) is 0 Å². The molecular weight excluding hydrogens is 334 g/mol. The first-order valence-corrected chi connectivity index (χ1v) is 9.05. The van der Waals surface area contributed by atoms with Gasteiger partial charge in [-0.15, -0.1) is 0 Å². The van der Waals surface area contributed by atoms with Gasteiger partial charge in [-0.25, -0.2) is 9.97 Å². The number of anilines is 1. The van der Waals surface area contributed by atoms with Crippen LogP contribution in [0.2, 0.25) is 5.02 Å². The van der Waals surface area contributed by atoms with Gasteiger partial charge >= 0.3 is 0 Å². The Morgan fingerprint density at radius 1 is 1.12 bits per heavy atom. The lowest BCUT2D eigenvalue weighted by Gasteiger charge is -2.27. The molecule has 2 heterocycles. The molecule has 0 bridgehead atoms. The summed E-state index contributed by atoms with van der Waals surface area (Å²) in [4.78, 5) is 8.73. The van der Waals surface area contributed by atoms with Crippen molar-refractivity contribution < 1.29 is 0 Å². The van der Waals surface area contributed by atoms with E-state index in [4.69, 9.17) is 23.1 Å². The number of hydrogen-bond donors (Lipinski definition) is 2. The van der Waals surface area contributed by atoms with Crippen LogP contribution in [0, 0.1) is 6.92 Å². The molecule has 1 aliphatic rings. The molecule has 4 N–H and O–H groups in total. The summed E-state index contributed by atoms with van der Waals surface area (Å²) in [5.74, 6) is 0.489. The third-order valence-electron chi connectivity index (χ3n) is 5.19. The first kappa shape index (κ1) is 16.4. The number of fused-ring (bicyclic) bond motifs is 1. The van der Waals surface area contributed by atoms with E-state index in [1.54, 1.807) is 0 Å². The van der Waals surface area contributed by atoms with Gasteiger partial charge in [0.15, 0.2) is 0 Å². The molecule has 0 spiro atoms. The SMILES string of the molecule is Cc1ccc(-c2cn(C3CCC(N)CC3)c3ncnc(N)c23)c(Cl)c1. The van der Waals surface area contributed by atoms with Crippen molar-refractivity contribution in [1.29, 1.82) is 0 Å². The maximum Gasteiger partial charge on any atom is 0.146 e. The summed E-state index contributed by atoms with van der Waals surface area (Å²) < 4.78 is 2.24. The molecule has 2 aromatic heterocycles. The molecule has 0 unspecified atom stereocenters. The Morgan fingerprint density at radius 2 is 1.88 bits per heavy atom. The molecule has 0 radical (unpaired) electrons. The molecule has 0 aliphatic heterocycles. The van der Waals surface area contributed by atoms with Gasteiger partial charge in [0, 0.05) is 34.4 Å². The van der Waals surface area contributed by atoms with Crippen LogP contribution in [0.15, 0.2) is 30.7 Å². The molecule has 0 amide bonds. The second-order valence-electron chi connectivity index (χ2n) is 6.96. The zero-order valence-corrected chi connectivity index (χ0v) is 15.0. The first-order valence-electron chi connectivity index (χ1n) is 8.67. The number of hydrogen-bond acceptors (Lipinski definition) is 4. The minimum atomic E-state index is 0.309. The number of benzene rings is 1. The van der Waals surface area contributed by atoms with Gasteiger partial charge in [-0.2, -0.15) is 0 Å². The van der Waals surface area contributed by atoms with Crippen molar-refractivity contribution in [3.05, 3.63) is 41.3 Å². The van der Waals surface area contributed by atoms with Gasteiger partial charge in [-0.1, -0.05) is 23.7 Å². The third-order valence-corrected chi connectivity index (χ3v) is 5.50. The maximum atomic E-state index is 6.52. The third kappa shape index (κ3) is 2.87. The highest BCUT2D eigenvalue weighted by molar-refractivity contribution is 6.34. The van der Waals surface area contributed by atoms with E-state index in [1.807, 2.05) is 19.1 Å². The Morgan fingerprint density at radius 3 is 2.60 bits per heavy atom. The molecular formula is C19H22ClN5. The molecule has 130 valence electrons. The van der Waals surface area contributed by atoms with Crippen molar-refractivity contribution in [2.75, 3.05) is 5.73 Å². The standard InChI is InChI=1S/C19H22ClN5/c1-11-2-7-14(16(20)8-11)15-9-25(13-5-3-12(21)4-6-13)19-17(15)18(22)23-10-24-19/h2,7-10,12-13H,3-6,21H2,1H3,(H2,22,23,24).